The molecule has 3 unspecified atom stereocenters. The van der Waals surface area contributed by atoms with Crippen LogP contribution < -0.4 is 4.72 Å². The molecule has 21 heavy (non-hydrogen) atoms. The van der Waals surface area contributed by atoms with Gasteiger partial charge in [-0.1, -0.05) is 12.5 Å². The van der Waals surface area contributed by atoms with Crippen molar-refractivity contribution in [3.05, 3.63) is 29.6 Å². The maximum atomic E-state index is 13.5. The zero-order valence-corrected chi connectivity index (χ0v) is 12.4. The fourth-order valence-corrected chi connectivity index (χ4v) is 5.02. The maximum Gasteiger partial charge on any atom is 0.242 e. The van der Waals surface area contributed by atoms with E-state index in [1.807, 2.05) is 0 Å². The van der Waals surface area contributed by atoms with E-state index in [2.05, 4.69) is 4.72 Å². The highest BCUT2D eigenvalue weighted by Gasteiger charge is 2.39. The lowest BCUT2D eigenvalue weighted by molar-refractivity contribution is 0.333. The van der Waals surface area contributed by atoms with Crippen LogP contribution in [0.5, 0.6) is 0 Å². The van der Waals surface area contributed by atoms with E-state index in [9.17, 15) is 12.8 Å². The summed E-state index contributed by atoms with van der Waals surface area (Å²) in [5.74, 6) is 0.923. The quantitative estimate of drug-likeness (QED) is 0.928. The molecule has 6 heteroatoms. The molecule has 0 aliphatic heterocycles. The lowest BCUT2D eigenvalue weighted by atomic mass is 9.89. The monoisotopic (exact) mass is 308 g/mol. The van der Waals surface area contributed by atoms with Crippen molar-refractivity contribution in [3.8, 4) is 6.07 Å². The molecule has 0 aromatic heterocycles. The molecule has 4 nitrogen and oxygen atoms in total. The zero-order valence-electron chi connectivity index (χ0n) is 11.5. The largest absolute Gasteiger partial charge is 0.242 e. The lowest BCUT2D eigenvalue weighted by Gasteiger charge is -2.21. The summed E-state index contributed by atoms with van der Waals surface area (Å²) in [4.78, 5) is -0.270. The number of nitriles is 1. The van der Waals surface area contributed by atoms with Crippen molar-refractivity contribution in [1.29, 1.82) is 5.26 Å². The SMILES string of the molecule is N#Cc1c(F)cccc1S(=O)(=O)NCC1CC2CCC1C2. The molecule has 1 aromatic carbocycles. The topological polar surface area (TPSA) is 70.0 Å². The Hall–Kier alpha value is -1.45. The number of benzene rings is 1. The second-order valence-corrected chi connectivity index (χ2v) is 7.75. The highest BCUT2D eigenvalue weighted by Crippen LogP contribution is 2.48. The summed E-state index contributed by atoms with van der Waals surface area (Å²) in [6.45, 7) is 0.380. The normalized spacial score (nSPS) is 27.7. The van der Waals surface area contributed by atoms with Crippen molar-refractivity contribution in [2.24, 2.45) is 17.8 Å². The van der Waals surface area contributed by atoms with E-state index in [4.69, 9.17) is 5.26 Å². The smallest absolute Gasteiger partial charge is 0.211 e. The van der Waals surface area contributed by atoms with Crippen LogP contribution in [0.1, 0.15) is 31.2 Å². The van der Waals surface area contributed by atoms with Gasteiger partial charge < -0.3 is 0 Å². The molecule has 2 aliphatic rings. The molecule has 0 amide bonds. The number of hydrogen-bond donors (Lipinski definition) is 1. The van der Waals surface area contributed by atoms with Crippen LogP contribution in [-0.2, 0) is 10.0 Å². The standard InChI is InChI=1S/C15H17FN2O2S/c16-14-2-1-3-15(13(14)8-17)21(19,20)18-9-12-7-10-4-5-11(12)6-10/h1-3,10-12,18H,4-7,9H2. The summed E-state index contributed by atoms with van der Waals surface area (Å²) < 4.78 is 40.7. The molecule has 3 rings (SSSR count). The van der Waals surface area contributed by atoms with Crippen LogP contribution in [0.3, 0.4) is 0 Å². The third-order valence-electron chi connectivity index (χ3n) is 4.80. The predicted molar refractivity (Wildman–Crippen MR) is 75.2 cm³/mol. The minimum absolute atomic E-state index is 0.270. The average molecular weight is 308 g/mol. The number of halogens is 1. The summed E-state index contributed by atoms with van der Waals surface area (Å²) in [6, 6.07) is 5.30. The average Bonchev–Trinajstić information content (AvgIpc) is 3.07. The number of hydrogen-bond acceptors (Lipinski definition) is 3. The Balaban J connectivity index is 1.76. The van der Waals surface area contributed by atoms with Gasteiger partial charge in [0.05, 0.1) is 0 Å². The van der Waals surface area contributed by atoms with Crippen molar-refractivity contribution in [2.45, 2.75) is 30.6 Å². The van der Waals surface area contributed by atoms with E-state index in [-0.39, 0.29) is 4.90 Å². The lowest BCUT2D eigenvalue weighted by Crippen LogP contribution is -2.32. The van der Waals surface area contributed by atoms with E-state index in [0.29, 0.717) is 18.4 Å². The molecule has 0 heterocycles. The van der Waals surface area contributed by atoms with Gasteiger partial charge in [0.1, 0.15) is 22.3 Å². The van der Waals surface area contributed by atoms with Gasteiger partial charge in [-0.05, 0) is 49.1 Å². The first-order valence-electron chi connectivity index (χ1n) is 7.19. The van der Waals surface area contributed by atoms with Crippen LogP contribution in [-0.4, -0.2) is 15.0 Å². The molecule has 2 aliphatic carbocycles. The van der Waals surface area contributed by atoms with Gasteiger partial charge in [-0.25, -0.2) is 17.5 Å². The van der Waals surface area contributed by atoms with Gasteiger partial charge in [0.25, 0.3) is 0 Å². The molecular weight excluding hydrogens is 291 g/mol. The Morgan fingerprint density at radius 2 is 2.14 bits per heavy atom. The van der Waals surface area contributed by atoms with E-state index in [1.54, 1.807) is 6.07 Å². The predicted octanol–water partition coefficient (Wildman–Crippen LogP) is 2.41. The maximum absolute atomic E-state index is 13.5. The summed E-state index contributed by atoms with van der Waals surface area (Å²) >= 11 is 0. The van der Waals surface area contributed by atoms with Gasteiger partial charge in [0.15, 0.2) is 0 Å². The third-order valence-corrected chi connectivity index (χ3v) is 6.26. The van der Waals surface area contributed by atoms with E-state index >= 15 is 0 Å². The van der Waals surface area contributed by atoms with Crippen LogP contribution in [0, 0.1) is 34.9 Å². The molecule has 0 spiro atoms. The van der Waals surface area contributed by atoms with Crippen molar-refractivity contribution < 1.29 is 12.8 Å². The Kier molecular flexibility index (Phi) is 3.72. The number of rotatable bonds is 4. The summed E-state index contributed by atoms with van der Waals surface area (Å²) in [5, 5.41) is 8.95. The molecule has 2 saturated carbocycles. The second-order valence-electron chi connectivity index (χ2n) is 6.01. The molecule has 1 aromatic rings. The molecule has 0 saturated heterocycles. The minimum Gasteiger partial charge on any atom is -0.211 e. The van der Waals surface area contributed by atoms with Gasteiger partial charge in [0, 0.05) is 6.54 Å². The van der Waals surface area contributed by atoms with Crippen molar-refractivity contribution in [2.75, 3.05) is 6.54 Å². The van der Waals surface area contributed by atoms with Crippen LogP contribution in [0.2, 0.25) is 0 Å². The van der Waals surface area contributed by atoms with Crippen molar-refractivity contribution in [1.82, 2.24) is 4.72 Å². The van der Waals surface area contributed by atoms with Gasteiger partial charge in [-0.2, -0.15) is 5.26 Å². The first-order chi connectivity index (χ1) is 10.0. The molecule has 1 N–H and O–H groups in total. The van der Waals surface area contributed by atoms with E-state index in [1.165, 1.54) is 31.4 Å². The molecule has 0 radical (unpaired) electrons. The van der Waals surface area contributed by atoms with Crippen molar-refractivity contribution in [3.63, 3.8) is 0 Å². The van der Waals surface area contributed by atoms with Crippen molar-refractivity contribution >= 4 is 10.0 Å². The van der Waals surface area contributed by atoms with Gasteiger partial charge in [0.2, 0.25) is 10.0 Å². The highest BCUT2D eigenvalue weighted by molar-refractivity contribution is 7.89. The number of sulfonamides is 1. The highest BCUT2D eigenvalue weighted by atomic mass is 32.2. The zero-order chi connectivity index (χ0) is 15.0. The number of nitrogens with zero attached hydrogens (tertiary/aromatic N) is 1. The van der Waals surface area contributed by atoms with Gasteiger partial charge >= 0.3 is 0 Å². The molecule has 2 bridgehead atoms. The fourth-order valence-electron chi connectivity index (χ4n) is 3.76. The molecule has 112 valence electrons. The van der Waals surface area contributed by atoms with E-state index in [0.717, 1.165) is 18.4 Å². The Morgan fingerprint density at radius 3 is 2.76 bits per heavy atom. The Bertz CT molecular complexity index is 696. The summed E-state index contributed by atoms with van der Waals surface area (Å²) in [6.07, 6.45) is 4.72. The first kappa shape index (κ1) is 14.5. The van der Waals surface area contributed by atoms with Crippen LogP contribution >= 0.6 is 0 Å². The Labute approximate surface area is 124 Å². The molecule has 2 fully saturated rings. The second kappa shape index (κ2) is 5.39. The molecule has 3 atom stereocenters. The minimum atomic E-state index is -3.84. The number of fused-ring (bicyclic) bond motifs is 2. The summed E-state index contributed by atoms with van der Waals surface area (Å²) in [5.41, 5.74) is -0.419. The number of nitrogens with one attached hydrogen (secondary N) is 1. The fraction of sp³-hybridized carbons (Fsp3) is 0.533. The first-order valence-corrected chi connectivity index (χ1v) is 8.68. The van der Waals surface area contributed by atoms with Gasteiger partial charge in [-0.3, -0.25) is 0 Å². The third kappa shape index (κ3) is 2.68. The van der Waals surface area contributed by atoms with Crippen LogP contribution in [0.4, 0.5) is 4.39 Å². The van der Waals surface area contributed by atoms with Crippen LogP contribution in [0.15, 0.2) is 23.1 Å². The van der Waals surface area contributed by atoms with Crippen LogP contribution in [0.25, 0.3) is 0 Å². The Morgan fingerprint density at radius 1 is 1.33 bits per heavy atom. The van der Waals surface area contributed by atoms with E-state index < -0.39 is 21.4 Å². The summed E-state index contributed by atoms with van der Waals surface area (Å²) in [7, 11) is -3.84. The molecular formula is C15H17FN2O2S. The van der Waals surface area contributed by atoms with Gasteiger partial charge in [-0.15, -0.1) is 0 Å².